The molecule has 15 aromatic rings. The minimum absolute atomic E-state index is 0.176. The van der Waals surface area contributed by atoms with Gasteiger partial charge >= 0.3 is 0 Å². The van der Waals surface area contributed by atoms with E-state index >= 15 is 0 Å². The van der Waals surface area contributed by atoms with Crippen molar-refractivity contribution < 1.29 is 0 Å². The summed E-state index contributed by atoms with van der Waals surface area (Å²) in [4.78, 5) is 5.10. The molecule has 0 aromatic heterocycles. The van der Waals surface area contributed by atoms with Crippen LogP contribution in [-0.4, -0.2) is 0 Å². The second-order valence-corrected chi connectivity index (χ2v) is 29.8. The molecule has 98 heavy (non-hydrogen) atoms. The van der Waals surface area contributed by atoms with Gasteiger partial charge in [0, 0.05) is 45.0 Å². The SMILES string of the molecule is Cc1ccccc1-c1ccc(N(c2ccc3c(c2)C(C)(C)c2ccccc2-3)c2ccc3c(-c4cccc5ccccc45)c4cc(N(c5ccc(-c6ccccc6)c(C(C)(C)C)c5)c5ccc6c(c5)C(C)(C)c5ccccc5-6)ccc4c(-c4cccc5ccccc45)c3c2)cc1C(C)C. The van der Waals surface area contributed by atoms with Crippen LogP contribution in [-0.2, 0) is 16.2 Å². The second kappa shape index (κ2) is 23.1. The van der Waals surface area contributed by atoms with Crippen LogP contribution in [0.25, 0.3) is 110 Å². The average Bonchev–Trinajstić information content (AvgIpc) is 1.75. The van der Waals surface area contributed by atoms with Gasteiger partial charge in [-0.1, -0.05) is 287 Å². The Morgan fingerprint density at radius 3 is 1.16 bits per heavy atom. The zero-order valence-electron chi connectivity index (χ0n) is 57.8. The van der Waals surface area contributed by atoms with E-state index in [2.05, 4.69) is 376 Å². The van der Waals surface area contributed by atoms with Crippen molar-refractivity contribution in [3.63, 3.8) is 0 Å². The number of rotatable bonds is 11. The maximum atomic E-state index is 2.55. The first kappa shape index (κ1) is 60.6. The van der Waals surface area contributed by atoms with E-state index in [0.29, 0.717) is 0 Å². The van der Waals surface area contributed by atoms with Crippen molar-refractivity contribution in [1.29, 1.82) is 0 Å². The number of aryl methyl sites for hydroxylation is 1. The predicted molar refractivity (Wildman–Crippen MR) is 420 cm³/mol. The van der Waals surface area contributed by atoms with Crippen molar-refractivity contribution in [2.45, 2.75) is 91.4 Å². The largest absolute Gasteiger partial charge is 0.310 e. The molecule has 0 atom stereocenters. The van der Waals surface area contributed by atoms with Gasteiger partial charge in [-0.15, -0.1) is 0 Å². The van der Waals surface area contributed by atoms with Gasteiger partial charge in [0.25, 0.3) is 0 Å². The van der Waals surface area contributed by atoms with Crippen LogP contribution in [0.2, 0.25) is 0 Å². The highest BCUT2D eigenvalue weighted by atomic mass is 15.1. The van der Waals surface area contributed by atoms with E-state index in [-0.39, 0.29) is 22.2 Å². The quantitative estimate of drug-likeness (QED) is 0.119. The van der Waals surface area contributed by atoms with Gasteiger partial charge in [0.15, 0.2) is 0 Å². The van der Waals surface area contributed by atoms with E-state index in [9.17, 15) is 0 Å². The zero-order valence-corrected chi connectivity index (χ0v) is 57.8. The van der Waals surface area contributed by atoms with E-state index in [1.807, 2.05) is 0 Å². The molecule has 15 aromatic carbocycles. The molecule has 0 N–H and O–H groups in total. The first-order chi connectivity index (χ1) is 47.5. The van der Waals surface area contributed by atoms with Crippen molar-refractivity contribution >= 4 is 77.2 Å². The maximum absolute atomic E-state index is 2.55. The van der Waals surface area contributed by atoms with E-state index in [0.717, 1.165) is 34.1 Å². The Hall–Kier alpha value is -11.1. The van der Waals surface area contributed by atoms with Gasteiger partial charge in [-0.25, -0.2) is 0 Å². The molecule has 0 unspecified atom stereocenters. The first-order valence-corrected chi connectivity index (χ1v) is 35.0. The average molecular weight is 1260 g/mol. The minimum atomic E-state index is -0.211. The lowest BCUT2D eigenvalue weighted by molar-refractivity contribution is 0.592. The number of hydrogen-bond donors (Lipinski definition) is 0. The van der Waals surface area contributed by atoms with Crippen molar-refractivity contribution in [3.05, 3.63) is 336 Å². The maximum Gasteiger partial charge on any atom is 0.0468 e. The molecular weight excluding hydrogens is 1180 g/mol. The molecule has 0 saturated heterocycles. The molecule has 0 fully saturated rings. The lowest BCUT2D eigenvalue weighted by Crippen LogP contribution is -2.18. The van der Waals surface area contributed by atoms with Gasteiger partial charge in [0.05, 0.1) is 0 Å². The van der Waals surface area contributed by atoms with Gasteiger partial charge in [-0.05, 0) is 240 Å². The molecule has 0 amide bonds. The third-order valence-electron chi connectivity index (χ3n) is 21.9. The normalized spacial score (nSPS) is 13.5. The molecule has 2 aliphatic carbocycles. The van der Waals surface area contributed by atoms with Gasteiger partial charge < -0.3 is 9.80 Å². The predicted octanol–water partition coefficient (Wildman–Crippen LogP) is 27.2. The third kappa shape index (κ3) is 9.74. The van der Waals surface area contributed by atoms with E-state index in [1.165, 1.54) is 149 Å². The summed E-state index contributed by atoms with van der Waals surface area (Å²) in [5, 5.41) is 9.58. The Labute approximate surface area is 577 Å². The van der Waals surface area contributed by atoms with E-state index in [4.69, 9.17) is 0 Å². The van der Waals surface area contributed by atoms with Crippen molar-refractivity contribution in [1.82, 2.24) is 0 Å². The second-order valence-electron chi connectivity index (χ2n) is 29.8. The summed E-state index contributed by atoms with van der Waals surface area (Å²) in [6.07, 6.45) is 0. The lowest BCUT2D eigenvalue weighted by atomic mass is 9.81. The topological polar surface area (TPSA) is 6.48 Å². The number of nitrogens with zero attached hydrogens (tertiary/aromatic N) is 2. The minimum Gasteiger partial charge on any atom is -0.310 e. The van der Waals surface area contributed by atoms with Gasteiger partial charge in [0.2, 0.25) is 0 Å². The zero-order chi connectivity index (χ0) is 66.9. The summed E-state index contributed by atoms with van der Waals surface area (Å²) in [7, 11) is 0. The standard InChI is InChI=1S/C96H80N2/c1-60(2)84-54-65(43-49-75(84)71-33-17-14-26-61(71)3)97(69-44-50-78-76-36-20-22-40-87(76)95(7,8)90(78)58-69)66-46-52-82-85(55-66)92(80-38-24-31-62-29-15-18-34-72(62)80)83-53-47-67(56-86(83)93(82)81-39-25-32-63-30-16-19-35-73(63)81)98(68-42-48-74(64-27-12-11-13-28-64)89(57-68)94(4,5)6)70-45-51-79-77-37-21-23-41-88(77)96(9,10)91(79)59-70/h11-60H,1-10H3. The molecule has 17 rings (SSSR count). The smallest absolute Gasteiger partial charge is 0.0468 e. The summed E-state index contributed by atoms with van der Waals surface area (Å²) in [6, 6.07) is 113. The Morgan fingerprint density at radius 1 is 0.286 bits per heavy atom. The fourth-order valence-corrected chi connectivity index (χ4v) is 17.0. The molecule has 2 heteroatoms. The third-order valence-corrected chi connectivity index (χ3v) is 21.9. The number of anilines is 6. The summed E-state index contributed by atoms with van der Waals surface area (Å²) < 4.78 is 0. The van der Waals surface area contributed by atoms with Gasteiger partial charge in [-0.3, -0.25) is 0 Å². The van der Waals surface area contributed by atoms with Crippen LogP contribution in [0.5, 0.6) is 0 Å². The lowest BCUT2D eigenvalue weighted by Gasteiger charge is -2.31. The molecule has 0 heterocycles. The number of benzene rings is 15. The Morgan fingerprint density at radius 2 is 0.663 bits per heavy atom. The fraction of sp³-hybridized carbons (Fsp3) is 0.146. The molecule has 0 aliphatic heterocycles. The summed E-state index contributed by atoms with van der Waals surface area (Å²) >= 11 is 0. The first-order valence-electron chi connectivity index (χ1n) is 35.0. The molecule has 474 valence electrons. The molecule has 2 aliphatic rings. The van der Waals surface area contributed by atoms with Crippen LogP contribution >= 0.6 is 0 Å². The Kier molecular flexibility index (Phi) is 14.3. The summed E-state index contributed by atoms with van der Waals surface area (Å²) in [5.74, 6) is 0.255. The summed E-state index contributed by atoms with van der Waals surface area (Å²) in [6.45, 7) is 23.6. The van der Waals surface area contributed by atoms with Gasteiger partial charge in [-0.2, -0.15) is 0 Å². The monoisotopic (exact) mass is 1260 g/mol. The van der Waals surface area contributed by atoms with Crippen LogP contribution in [0.3, 0.4) is 0 Å². The van der Waals surface area contributed by atoms with Crippen molar-refractivity contribution in [3.8, 4) is 66.8 Å². The van der Waals surface area contributed by atoms with Gasteiger partial charge in [0.1, 0.15) is 0 Å². The molecule has 0 radical (unpaired) electrons. The van der Waals surface area contributed by atoms with Crippen LogP contribution in [0.15, 0.2) is 297 Å². The van der Waals surface area contributed by atoms with Crippen LogP contribution in [0, 0.1) is 6.92 Å². The molecule has 2 nitrogen and oxygen atoms in total. The summed E-state index contributed by atoms with van der Waals surface area (Å²) in [5.41, 5.74) is 30.4. The number of fused-ring (bicyclic) bond motifs is 10. The van der Waals surface area contributed by atoms with Crippen LogP contribution < -0.4 is 9.80 Å². The van der Waals surface area contributed by atoms with Crippen molar-refractivity contribution in [2.24, 2.45) is 0 Å². The Bertz CT molecular complexity index is 5720. The highest BCUT2D eigenvalue weighted by molar-refractivity contribution is 6.26. The molecule has 0 saturated carbocycles. The fourth-order valence-electron chi connectivity index (χ4n) is 17.0. The molecule has 0 bridgehead atoms. The Balaban J connectivity index is 0.971. The van der Waals surface area contributed by atoms with E-state index in [1.54, 1.807) is 0 Å². The number of hydrogen-bond acceptors (Lipinski definition) is 2. The molecule has 0 spiro atoms. The van der Waals surface area contributed by atoms with Crippen LogP contribution in [0.4, 0.5) is 34.1 Å². The van der Waals surface area contributed by atoms with Crippen molar-refractivity contribution in [2.75, 3.05) is 9.80 Å². The highest BCUT2D eigenvalue weighted by Crippen LogP contribution is 2.56. The molecular formula is C96H80N2. The van der Waals surface area contributed by atoms with E-state index < -0.39 is 0 Å². The van der Waals surface area contributed by atoms with Crippen LogP contribution in [0.1, 0.15) is 107 Å². The highest BCUT2D eigenvalue weighted by Gasteiger charge is 2.38.